The van der Waals surface area contributed by atoms with Gasteiger partial charge in [0, 0.05) is 8.95 Å². The second kappa shape index (κ2) is 4.58. The normalized spacial score (nSPS) is 9.50. The summed E-state index contributed by atoms with van der Waals surface area (Å²) >= 11 is 6.41. The summed E-state index contributed by atoms with van der Waals surface area (Å²) in [6.45, 7) is 0. The molecule has 5 heteroatoms. The summed E-state index contributed by atoms with van der Waals surface area (Å²) in [6, 6.07) is 5.28. The monoisotopic (exact) mass is 317 g/mol. The lowest BCUT2D eigenvalue weighted by Gasteiger charge is -2.02. The Kier molecular flexibility index (Phi) is 3.67. The van der Waals surface area contributed by atoms with E-state index in [1.807, 2.05) is 6.07 Å². The Hall–Kier alpha value is -0.860. The minimum Gasteiger partial charge on any atom is -0.481 e. The Morgan fingerprint density at radius 3 is 2.29 bits per heavy atom. The number of carboxylic acids is 1. The third-order valence-corrected chi connectivity index (χ3v) is 2.82. The third kappa shape index (κ3) is 2.56. The molecule has 72 valence electrons. The zero-order valence-electron chi connectivity index (χ0n) is 6.92. The van der Waals surface area contributed by atoms with Gasteiger partial charge in [-0.25, -0.2) is 0 Å². The molecule has 0 saturated carbocycles. The van der Waals surface area contributed by atoms with Gasteiger partial charge in [0.25, 0.3) is 0 Å². The summed E-state index contributed by atoms with van der Waals surface area (Å²) in [4.78, 5) is 10.5. The van der Waals surface area contributed by atoms with Crippen LogP contribution in [0.3, 0.4) is 0 Å². The predicted molar refractivity (Wildman–Crippen MR) is 57.9 cm³/mol. The van der Waals surface area contributed by atoms with Gasteiger partial charge in [-0.1, -0.05) is 0 Å². The highest BCUT2D eigenvalue weighted by molar-refractivity contribution is 9.11. The van der Waals surface area contributed by atoms with Crippen LogP contribution in [-0.2, 0) is 11.2 Å². The lowest BCUT2D eigenvalue weighted by Crippen LogP contribution is -2.00. The van der Waals surface area contributed by atoms with E-state index in [-0.39, 0.29) is 6.42 Å². The number of hydrogen-bond acceptors (Lipinski definition) is 2. The van der Waals surface area contributed by atoms with Crippen LogP contribution in [0.25, 0.3) is 0 Å². The van der Waals surface area contributed by atoms with Gasteiger partial charge in [-0.05, 0) is 49.6 Å². The van der Waals surface area contributed by atoms with Gasteiger partial charge in [0.1, 0.15) is 6.07 Å². The van der Waals surface area contributed by atoms with E-state index >= 15 is 0 Å². The number of hydrogen-bond donors (Lipinski definition) is 1. The van der Waals surface area contributed by atoms with Crippen molar-refractivity contribution in [1.29, 1.82) is 5.26 Å². The van der Waals surface area contributed by atoms with E-state index in [9.17, 15) is 4.79 Å². The first-order valence-corrected chi connectivity index (χ1v) is 5.23. The van der Waals surface area contributed by atoms with Gasteiger partial charge in [-0.15, -0.1) is 0 Å². The van der Waals surface area contributed by atoms with Crippen LogP contribution in [0.4, 0.5) is 0 Å². The summed E-state index contributed by atoms with van der Waals surface area (Å²) in [6.07, 6.45) is -0.0527. The molecule has 14 heavy (non-hydrogen) atoms. The maximum Gasteiger partial charge on any atom is 0.307 e. The summed E-state index contributed by atoms with van der Waals surface area (Å²) in [7, 11) is 0. The van der Waals surface area contributed by atoms with Crippen LogP contribution in [0.2, 0.25) is 0 Å². The van der Waals surface area contributed by atoms with Crippen LogP contribution in [0.1, 0.15) is 11.1 Å². The van der Waals surface area contributed by atoms with Crippen molar-refractivity contribution in [3.05, 3.63) is 32.2 Å². The zero-order chi connectivity index (χ0) is 10.7. The predicted octanol–water partition coefficient (Wildman–Crippen LogP) is 2.71. The lowest BCUT2D eigenvalue weighted by atomic mass is 10.1. The molecule has 0 unspecified atom stereocenters. The Morgan fingerprint density at radius 2 is 1.93 bits per heavy atom. The molecule has 0 aliphatic rings. The summed E-state index contributed by atoms with van der Waals surface area (Å²) in [5, 5.41) is 17.3. The molecule has 0 fully saturated rings. The molecule has 0 radical (unpaired) electrons. The highest BCUT2D eigenvalue weighted by atomic mass is 79.9. The molecule has 1 rings (SSSR count). The molecule has 1 N–H and O–H groups in total. The first-order valence-electron chi connectivity index (χ1n) is 3.64. The molecule has 0 aliphatic carbocycles. The van der Waals surface area contributed by atoms with Crippen LogP contribution in [0, 0.1) is 11.3 Å². The largest absolute Gasteiger partial charge is 0.481 e. The maximum atomic E-state index is 10.5. The van der Waals surface area contributed by atoms with E-state index in [0.717, 1.165) is 0 Å². The summed E-state index contributed by atoms with van der Waals surface area (Å²) < 4.78 is 1.20. The quantitative estimate of drug-likeness (QED) is 0.912. The fourth-order valence-electron chi connectivity index (χ4n) is 1.01. The van der Waals surface area contributed by atoms with Crippen molar-refractivity contribution in [3.8, 4) is 6.07 Å². The average molecular weight is 319 g/mol. The Bertz CT molecular complexity index is 400. The maximum absolute atomic E-state index is 10.5. The van der Waals surface area contributed by atoms with E-state index < -0.39 is 5.97 Å². The minimum absolute atomic E-state index is 0.0527. The molecule has 0 heterocycles. The smallest absolute Gasteiger partial charge is 0.307 e. The van der Waals surface area contributed by atoms with Gasteiger partial charge in [-0.3, -0.25) is 4.79 Å². The van der Waals surface area contributed by atoms with Crippen molar-refractivity contribution in [2.24, 2.45) is 0 Å². The van der Waals surface area contributed by atoms with Gasteiger partial charge in [0.2, 0.25) is 0 Å². The van der Waals surface area contributed by atoms with E-state index in [1.165, 1.54) is 0 Å². The van der Waals surface area contributed by atoms with E-state index in [2.05, 4.69) is 31.9 Å². The van der Waals surface area contributed by atoms with Crippen LogP contribution in [0.15, 0.2) is 21.1 Å². The average Bonchev–Trinajstić information content (AvgIpc) is 2.01. The molecule has 0 amide bonds. The van der Waals surface area contributed by atoms with E-state index in [0.29, 0.717) is 20.1 Å². The number of carbonyl (C=O) groups is 1. The van der Waals surface area contributed by atoms with Crippen LogP contribution >= 0.6 is 31.9 Å². The molecule has 0 aliphatic heterocycles. The van der Waals surface area contributed by atoms with Gasteiger partial charge in [-0.2, -0.15) is 5.26 Å². The molecule has 1 aromatic rings. The molecular weight excluding hydrogens is 314 g/mol. The van der Waals surface area contributed by atoms with Crippen LogP contribution < -0.4 is 0 Å². The third-order valence-electron chi connectivity index (χ3n) is 1.57. The van der Waals surface area contributed by atoms with Gasteiger partial charge in [0.15, 0.2) is 0 Å². The van der Waals surface area contributed by atoms with Gasteiger partial charge >= 0.3 is 5.97 Å². The van der Waals surface area contributed by atoms with Crippen molar-refractivity contribution < 1.29 is 9.90 Å². The van der Waals surface area contributed by atoms with E-state index in [1.54, 1.807) is 12.1 Å². The molecular formula is C9H5Br2NO2. The number of halogens is 2. The number of rotatable bonds is 2. The Labute approximate surface area is 97.6 Å². The standard InChI is InChI=1S/C9H5Br2NO2/c10-7-1-5(3-9(13)14)2-8(11)6(7)4-12/h1-2H,3H2,(H,13,14). The highest BCUT2D eigenvalue weighted by Crippen LogP contribution is 2.26. The molecule has 3 nitrogen and oxygen atoms in total. The van der Waals surface area contributed by atoms with Gasteiger partial charge in [0.05, 0.1) is 12.0 Å². The number of nitrogens with zero attached hydrogens (tertiary/aromatic N) is 1. The molecule has 0 bridgehead atoms. The number of aliphatic carboxylic acids is 1. The second-order valence-corrected chi connectivity index (χ2v) is 4.33. The SMILES string of the molecule is N#Cc1c(Br)cc(CC(=O)O)cc1Br. The van der Waals surface area contributed by atoms with Crippen LogP contribution in [0.5, 0.6) is 0 Å². The first-order chi connectivity index (χ1) is 6.54. The number of carboxylic acid groups (broad SMARTS) is 1. The summed E-state index contributed by atoms with van der Waals surface area (Å²) in [5.41, 5.74) is 1.12. The molecule has 0 aromatic heterocycles. The first kappa shape index (κ1) is 11.2. The minimum atomic E-state index is -0.895. The van der Waals surface area contributed by atoms with Crippen molar-refractivity contribution in [2.45, 2.75) is 6.42 Å². The molecule has 0 atom stereocenters. The topological polar surface area (TPSA) is 61.1 Å². The Balaban J connectivity index is 3.15. The van der Waals surface area contributed by atoms with Crippen molar-refractivity contribution in [3.63, 3.8) is 0 Å². The second-order valence-electron chi connectivity index (χ2n) is 2.62. The zero-order valence-corrected chi connectivity index (χ0v) is 10.1. The van der Waals surface area contributed by atoms with E-state index in [4.69, 9.17) is 10.4 Å². The molecule has 0 saturated heterocycles. The lowest BCUT2D eigenvalue weighted by molar-refractivity contribution is -0.136. The fourth-order valence-corrected chi connectivity index (χ4v) is 2.47. The van der Waals surface area contributed by atoms with Gasteiger partial charge < -0.3 is 5.11 Å². The van der Waals surface area contributed by atoms with Crippen molar-refractivity contribution >= 4 is 37.8 Å². The number of nitriles is 1. The molecule has 1 aromatic carbocycles. The highest BCUT2D eigenvalue weighted by Gasteiger charge is 2.08. The fraction of sp³-hybridized carbons (Fsp3) is 0.111. The Morgan fingerprint density at radius 1 is 1.43 bits per heavy atom. The van der Waals surface area contributed by atoms with Crippen molar-refractivity contribution in [2.75, 3.05) is 0 Å². The summed E-state index contributed by atoms with van der Waals surface area (Å²) in [5.74, 6) is -0.895. The van der Waals surface area contributed by atoms with Crippen molar-refractivity contribution in [1.82, 2.24) is 0 Å². The molecule has 0 spiro atoms. The number of benzene rings is 1. The van der Waals surface area contributed by atoms with Crippen LogP contribution in [-0.4, -0.2) is 11.1 Å².